The molecule has 0 aromatic rings. The molecule has 0 spiro atoms. The lowest BCUT2D eigenvalue weighted by Gasteiger charge is -2.01. The SMILES string of the molecule is CC#COC(=O)[C@@H](N)CO. The Hall–Kier alpha value is -1.05. The van der Waals surface area contributed by atoms with E-state index in [2.05, 4.69) is 16.8 Å². The van der Waals surface area contributed by atoms with Crippen LogP contribution in [0, 0.1) is 12.0 Å². The summed E-state index contributed by atoms with van der Waals surface area (Å²) >= 11 is 0. The van der Waals surface area contributed by atoms with Gasteiger partial charge in [0.1, 0.15) is 12.1 Å². The van der Waals surface area contributed by atoms with Gasteiger partial charge in [-0.25, -0.2) is 4.79 Å². The molecule has 0 bridgehead atoms. The van der Waals surface area contributed by atoms with Crippen LogP contribution in [0.5, 0.6) is 0 Å². The van der Waals surface area contributed by atoms with E-state index in [0.717, 1.165) is 0 Å². The third-order valence-corrected chi connectivity index (χ3v) is 0.753. The van der Waals surface area contributed by atoms with Gasteiger partial charge in [-0.05, 0) is 0 Å². The molecule has 0 aromatic heterocycles. The summed E-state index contributed by atoms with van der Waals surface area (Å²) in [6, 6.07) is -0.985. The number of nitrogens with two attached hydrogens (primary N) is 1. The van der Waals surface area contributed by atoms with Crippen molar-refractivity contribution in [3.8, 4) is 12.0 Å². The summed E-state index contributed by atoms with van der Waals surface area (Å²) in [5, 5.41) is 8.33. The van der Waals surface area contributed by atoms with Gasteiger partial charge in [-0.15, -0.1) is 0 Å². The topological polar surface area (TPSA) is 72.5 Å². The second-order valence-electron chi connectivity index (χ2n) is 1.56. The highest BCUT2D eigenvalue weighted by Crippen LogP contribution is 1.81. The van der Waals surface area contributed by atoms with Crippen LogP contribution in [0.1, 0.15) is 6.92 Å². The number of rotatable bonds is 2. The van der Waals surface area contributed by atoms with Gasteiger partial charge in [-0.1, -0.05) is 5.92 Å². The standard InChI is InChI=1S/C6H9NO3/c1-2-3-10-6(9)5(7)4-8/h5,8H,4,7H2,1H3/t5-/m0/s1. The van der Waals surface area contributed by atoms with Crippen LogP contribution in [0.3, 0.4) is 0 Å². The van der Waals surface area contributed by atoms with Crippen LogP contribution in [-0.4, -0.2) is 23.7 Å². The highest BCUT2D eigenvalue weighted by Gasteiger charge is 2.11. The monoisotopic (exact) mass is 143 g/mol. The smallest absolute Gasteiger partial charge is 0.339 e. The Bertz CT molecular complexity index is 168. The number of aliphatic hydroxyl groups excluding tert-OH is 1. The fourth-order valence-corrected chi connectivity index (χ4v) is 0.252. The minimum absolute atomic E-state index is 0.426. The first-order valence-electron chi connectivity index (χ1n) is 2.71. The molecule has 0 rings (SSSR count). The normalized spacial score (nSPS) is 11.1. The Morgan fingerprint density at radius 3 is 2.90 bits per heavy atom. The second-order valence-corrected chi connectivity index (χ2v) is 1.56. The van der Waals surface area contributed by atoms with E-state index in [4.69, 9.17) is 10.8 Å². The van der Waals surface area contributed by atoms with E-state index in [1.54, 1.807) is 0 Å². The lowest BCUT2D eigenvalue weighted by Crippen LogP contribution is -2.34. The predicted octanol–water partition coefficient (Wildman–Crippen LogP) is -1.17. The van der Waals surface area contributed by atoms with Crippen LogP contribution in [0.4, 0.5) is 0 Å². The van der Waals surface area contributed by atoms with Crippen molar-refractivity contribution in [1.82, 2.24) is 0 Å². The minimum Gasteiger partial charge on any atom is -0.394 e. The van der Waals surface area contributed by atoms with E-state index in [-0.39, 0.29) is 0 Å². The van der Waals surface area contributed by atoms with E-state index in [0.29, 0.717) is 0 Å². The number of aliphatic hydroxyl groups is 1. The number of hydrogen-bond donors (Lipinski definition) is 2. The molecule has 4 heteroatoms. The van der Waals surface area contributed by atoms with Crippen LogP contribution >= 0.6 is 0 Å². The zero-order valence-electron chi connectivity index (χ0n) is 5.63. The lowest BCUT2D eigenvalue weighted by molar-refractivity contribution is -0.139. The van der Waals surface area contributed by atoms with Gasteiger partial charge < -0.3 is 15.6 Å². The molecule has 0 aliphatic heterocycles. The van der Waals surface area contributed by atoms with E-state index >= 15 is 0 Å². The maximum atomic E-state index is 10.5. The minimum atomic E-state index is -0.985. The van der Waals surface area contributed by atoms with Gasteiger partial charge in [0.05, 0.1) is 6.61 Å². The van der Waals surface area contributed by atoms with E-state index < -0.39 is 18.6 Å². The first-order valence-corrected chi connectivity index (χ1v) is 2.71. The number of esters is 1. The molecule has 56 valence electrons. The first kappa shape index (κ1) is 8.95. The molecule has 0 aliphatic carbocycles. The summed E-state index contributed by atoms with van der Waals surface area (Å²) in [6.07, 6.45) is 2.07. The average Bonchev–Trinajstić information content (AvgIpc) is 1.98. The van der Waals surface area contributed by atoms with Gasteiger partial charge >= 0.3 is 5.97 Å². The molecule has 10 heavy (non-hydrogen) atoms. The largest absolute Gasteiger partial charge is 0.394 e. The highest BCUT2D eigenvalue weighted by molar-refractivity contribution is 5.76. The molecule has 0 radical (unpaired) electrons. The lowest BCUT2D eigenvalue weighted by atomic mass is 10.3. The maximum Gasteiger partial charge on any atom is 0.339 e. The molecule has 0 aromatic carbocycles. The molecule has 0 amide bonds. The predicted molar refractivity (Wildman–Crippen MR) is 34.6 cm³/mol. The van der Waals surface area contributed by atoms with E-state index in [1.165, 1.54) is 6.92 Å². The molecule has 1 atom stereocenters. The zero-order chi connectivity index (χ0) is 7.98. The molecule has 0 saturated heterocycles. The molecule has 4 nitrogen and oxygen atoms in total. The zero-order valence-corrected chi connectivity index (χ0v) is 5.63. The van der Waals surface area contributed by atoms with Gasteiger partial charge in [-0.2, -0.15) is 0 Å². The molecular formula is C6H9NO3. The first-order chi connectivity index (χ1) is 4.72. The fraction of sp³-hybridized carbons (Fsp3) is 0.500. The molecule has 0 unspecified atom stereocenters. The van der Waals surface area contributed by atoms with Crippen LogP contribution in [0.25, 0.3) is 0 Å². The molecule has 0 fully saturated rings. The van der Waals surface area contributed by atoms with Crippen LogP contribution in [0.15, 0.2) is 0 Å². The highest BCUT2D eigenvalue weighted by atomic mass is 16.5. The van der Waals surface area contributed by atoms with Gasteiger partial charge in [0.2, 0.25) is 0 Å². The maximum absolute atomic E-state index is 10.5. The third kappa shape index (κ3) is 3.07. The number of carbonyl (C=O) groups excluding carboxylic acids is 1. The van der Waals surface area contributed by atoms with Crippen molar-refractivity contribution in [3.05, 3.63) is 0 Å². The Balaban J connectivity index is 3.69. The quantitative estimate of drug-likeness (QED) is 0.377. The summed E-state index contributed by atoms with van der Waals surface area (Å²) in [5.74, 6) is 1.64. The van der Waals surface area contributed by atoms with Crippen LogP contribution in [-0.2, 0) is 9.53 Å². The summed E-state index contributed by atoms with van der Waals surface area (Å²) in [5.41, 5.74) is 5.06. The summed E-state index contributed by atoms with van der Waals surface area (Å²) in [6.45, 7) is 1.10. The van der Waals surface area contributed by atoms with Crippen molar-refractivity contribution < 1.29 is 14.6 Å². The Morgan fingerprint density at radius 1 is 1.90 bits per heavy atom. The van der Waals surface area contributed by atoms with Gasteiger partial charge in [0, 0.05) is 6.92 Å². The fourth-order valence-electron chi connectivity index (χ4n) is 0.252. The Labute approximate surface area is 59.0 Å². The van der Waals surface area contributed by atoms with E-state index in [9.17, 15) is 4.79 Å². The Kier molecular flexibility index (Phi) is 4.29. The van der Waals surface area contributed by atoms with Crippen molar-refractivity contribution >= 4 is 5.97 Å². The van der Waals surface area contributed by atoms with Gasteiger partial charge in [0.25, 0.3) is 0 Å². The van der Waals surface area contributed by atoms with Gasteiger partial charge in [-0.3, -0.25) is 0 Å². The molecule has 0 heterocycles. The average molecular weight is 143 g/mol. The van der Waals surface area contributed by atoms with Crippen molar-refractivity contribution in [3.63, 3.8) is 0 Å². The second kappa shape index (κ2) is 4.79. The van der Waals surface area contributed by atoms with Crippen molar-refractivity contribution in [2.45, 2.75) is 13.0 Å². The van der Waals surface area contributed by atoms with E-state index in [1.807, 2.05) is 0 Å². The molecule has 0 saturated carbocycles. The summed E-state index contributed by atoms with van der Waals surface area (Å²) < 4.78 is 4.26. The van der Waals surface area contributed by atoms with Crippen molar-refractivity contribution in [1.29, 1.82) is 0 Å². The summed E-state index contributed by atoms with van der Waals surface area (Å²) in [4.78, 5) is 10.5. The number of hydrogen-bond acceptors (Lipinski definition) is 4. The summed E-state index contributed by atoms with van der Waals surface area (Å²) in [7, 11) is 0. The van der Waals surface area contributed by atoms with Crippen molar-refractivity contribution in [2.75, 3.05) is 6.61 Å². The molecular weight excluding hydrogens is 134 g/mol. The van der Waals surface area contributed by atoms with Crippen LogP contribution in [0.2, 0.25) is 0 Å². The van der Waals surface area contributed by atoms with Crippen LogP contribution < -0.4 is 5.73 Å². The molecule has 0 aliphatic rings. The van der Waals surface area contributed by atoms with Gasteiger partial charge in [0.15, 0.2) is 0 Å². The van der Waals surface area contributed by atoms with Crippen molar-refractivity contribution in [2.24, 2.45) is 5.73 Å². The molecule has 3 N–H and O–H groups in total. The number of carbonyl (C=O) groups is 1. The number of ether oxygens (including phenoxy) is 1. The third-order valence-electron chi connectivity index (χ3n) is 0.753. The Morgan fingerprint density at radius 2 is 2.50 bits per heavy atom.